The zero-order chi connectivity index (χ0) is 7.68. The van der Waals surface area contributed by atoms with Crippen molar-refractivity contribution in [2.75, 3.05) is 0 Å². The Balaban J connectivity index is 2.91. The number of aromatic nitrogens is 2. The molecular formula is C9H8N2. The lowest BCUT2D eigenvalue weighted by molar-refractivity contribution is 1.00. The molecule has 1 aromatic heterocycles. The van der Waals surface area contributed by atoms with Gasteiger partial charge in [-0.15, -0.1) is 0 Å². The summed E-state index contributed by atoms with van der Waals surface area (Å²) in [6.07, 6.45) is 1.78. The summed E-state index contributed by atoms with van der Waals surface area (Å²) >= 11 is 0. The van der Waals surface area contributed by atoms with Crippen LogP contribution in [-0.2, 0) is 0 Å². The van der Waals surface area contributed by atoms with E-state index in [0.29, 0.717) is 0 Å². The maximum Gasteiger partial charge on any atom is 0.0678 e. The Hall–Kier alpha value is -1.44. The topological polar surface area (TPSA) is 25.8 Å². The second-order valence-electron chi connectivity index (χ2n) is 2.52. The van der Waals surface area contributed by atoms with Crippen LogP contribution in [0.4, 0.5) is 0 Å². The molecule has 0 spiro atoms. The van der Waals surface area contributed by atoms with Crippen molar-refractivity contribution in [3.63, 3.8) is 0 Å². The van der Waals surface area contributed by atoms with Crippen molar-refractivity contribution < 1.29 is 0 Å². The molecule has 0 bridgehead atoms. The first-order chi connectivity index (χ1) is 5.38. The number of hydrogen-bond acceptors (Lipinski definition) is 2. The van der Waals surface area contributed by atoms with Crippen molar-refractivity contribution in [3.8, 4) is 0 Å². The van der Waals surface area contributed by atoms with Gasteiger partial charge in [-0.2, -0.15) is 10.2 Å². The maximum absolute atomic E-state index is 3.96. The Morgan fingerprint density at radius 2 is 2.00 bits per heavy atom. The van der Waals surface area contributed by atoms with Crippen LogP contribution in [0.2, 0.25) is 0 Å². The number of fused-ring (bicyclic) bond motifs is 1. The van der Waals surface area contributed by atoms with Crippen LogP contribution in [0.25, 0.3) is 10.8 Å². The van der Waals surface area contributed by atoms with E-state index < -0.39 is 0 Å². The van der Waals surface area contributed by atoms with Crippen LogP contribution >= 0.6 is 0 Å². The largest absolute Gasteiger partial charge is 0.158 e. The molecule has 0 N–H and O–H groups in total. The molecule has 0 radical (unpaired) electrons. The monoisotopic (exact) mass is 144 g/mol. The Labute approximate surface area is 64.9 Å². The molecule has 2 aromatic rings. The smallest absolute Gasteiger partial charge is 0.0678 e. The highest BCUT2D eigenvalue weighted by Crippen LogP contribution is 2.13. The molecular weight excluding hydrogens is 136 g/mol. The summed E-state index contributed by atoms with van der Waals surface area (Å²) in [7, 11) is 0. The average molecular weight is 144 g/mol. The van der Waals surface area contributed by atoms with Crippen LogP contribution in [0.5, 0.6) is 0 Å². The maximum atomic E-state index is 3.96. The zero-order valence-electron chi connectivity index (χ0n) is 6.28. The van der Waals surface area contributed by atoms with E-state index in [1.165, 1.54) is 5.39 Å². The SMILES string of the molecule is Cc1nncc2ccccc12. The van der Waals surface area contributed by atoms with Gasteiger partial charge in [0, 0.05) is 10.8 Å². The van der Waals surface area contributed by atoms with Crippen LogP contribution in [0.15, 0.2) is 30.5 Å². The van der Waals surface area contributed by atoms with Gasteiger partial charge in [0.05, 0.1) is 11.9 Å². The quantitative estimate of drug-likeness (QED) is 0.564. The van der Waals surface area contributed by atoms with Crippen LogP contribution in [0, 0.1) is 6.92 Å². The summed E-state index contributed by atoms with van der Waals surface area (Å²) in [5, 5.41) is 10.2. The highest BCUT2D eigenvalue weighted by atomic mass is 15.1. The zero-order valence-corrected chi connectivity index (χ0v) is 6.28. The number of benzene rings is 1. The van der Waals surface area contributed by atoms with E-state index in [9.17, 15) is 0 Å². The first-order valence-corrected chi connectivity index (χ1v) is 3.55. The second kappa shape index (κ2) is 2.31. The molecule has 1 aromatic carbocycles. The molecule has 0 unspecified atom stereocenters. The van der Waals surface area contributed by atoms with Gasteiger partial charge in [0.1, 0.15) is 0 Å². The number of rotatable bonds is 0. The van der Waals surface area contributed by atoms with Gasteiger partial charge < -0.3 is 0 Å². The highest BCUT2D eigenvalue weighted by Gasteiger charge is 1.94. The molecule has 0 amide bonds. The Morgan fingerprint density at radius 3 is 2.82 bits per heavy atom. The number of nitrogens with zero attached hydrogens (tertiary/aromatic N) is 2. The fourth-order valence-electron chi connectivity index (χ4n) is 1.17. The summed E-state index contributed by atoms with van der Waals surface area (Å²) in [4.78, 5) is 0. The molecule has 11 heavy (non-hydrogen) atoms. The van der Waals surface area contributed by atoms with Crippen LogP contribution in [0.3, 0.4) is 0 Å². The van der Waals surface area contributed by atoms with Crippen LogP contribution < -0.4 is 0 Å². The van der Waals surface area contributed by atoms with Gasteiger partial charge in [-0.3, -0.25) is 0 Å². The van der Waals surface area contributed by atoms with Gasteiger partial charge in [-0.1, -0.05) is 24.3 Å². The van der Waals surface area contributed by atoms with Crippen molar-refractivity contribution >= 4 is 10.8 Å². The van der Waals surface area contributed by atoms with Crippen molar-refractivity contribution in [1.29, 1.82) is 0 Å². The molecule has 0 aliphatic carbocycles. The molecule has 2 nitrogen and oxygen atoms in total. The number of hydrogen-bond donors (Lipinski definition) is 0. The molecule has 0 atom stereocenters. The molecule has 54 valence electrons. The Kier molecular flexibility index (Phi) is 1.32. The molecule has 2 rings (SSSR count). The lowest BCUT2D eigenvalue weighted by atomic mass is 10.1. The van der Waals surface area contributed by atoms with Crippen molar-refractivity contribution in [3.05, 3.63) is 36.2 Å². The van der Waals surface area contributed by atoms with E-state index in [2.05, 4.69) is 16.3 Å². The minimum atomic E-state index is 0.989. The summed E-state index contributed by atoms with van der Waals surface area (Å²) in [5.41, 5.74) is 0.989. The third-order valence-electron chi connectivity index (χ3n) is 1.76. The summed E-state index contributed by atoms with van der Waals surface area (Å²) < 4.78 is 0. The lowest BCUT2D eigenvalue weighted by Crippen LogP contribution is -1.86. The fourth-order valence-corrected chi connectivity index (χ4v) is 1.17. The summed E-state index contributed by atoms with van der Waals surface area (Å²) in [6.45, 7) is 1.97. The molecule has 0 aliphatic rings. The van der Waals surface area contributed by atoms with E-state index in [1.54, 1.807) is 6.20 Å². The Bertz CT molecular complexity index is 377. The van der Waals surface area contributed by atoms with Crippen molar-refractivity contribution in [1.82, 2.24) is 10.2 Å². The van der Waals surface area contributed by atoms with E-state index in [-0.39, 0.29) is 0 Å². The standard InChI is InChI=1S/C9H8N2/c1-7-9-5-3-2-4-8(9)6-10-11-7/h2-6H,1H3. The first kappa shape index (κ1) is 6.28. The van der Waals surface area contributed by atoms with Gasteiger partial charge in [0.2, 0.25) is 0 Å². The van der Waals surface area contributed by atoms with Crippen LogP contribution in [-0.4, -0.2) is 10.2 Å². The van der Waals surface area contributed by atoms with E-state index in [0.717, 1.165) is 11.1 Å². The molecule has 1 heterocycles. The minimum Gasteiger partial charge on any atom is -0.158 e. The van der Waals surface area contributed by atoms with Gasteiger partial charge >= 0.3 is 0 Å². The molecule has 0 saturated heterocycles. The summed E-state index contributed by atoms with van der Waals surface area (Å²) in [6, 6.07) is 8.11. The second-order valence-corrected chi connectivity index (χ2v) is 2.52. The molecule has 0 fully saturated rings. The van der Waals surface area contributed by atoms with E-state index in [4.69, 9.17) is 0 Å². The predicted octanol–water partition coefficient (Wildman–Crippen LogP) is 1.94. The predicted molar refractivity (Wildman–Crippen MR) is 44.3 cm³/mol. The van der Waals surface area contributed by atoms with Gasteiger partial charge in [0.25, 0.3) is 0 Å². The van der Waals surface area contributed by atoms with Crippen molar-refractivity contribution in [2.24, 2.45) is 0 Å². The van der Waals surface area contributed by atoms with Gasteiger partial charge in [-0.25, -0.2) is 0 Å². The highest BCUT2D eigenvalue weighted by molar-refractivity contribution is 5.83. The molecule has 0 aliphatic heterocycles. The fraction of sp³-hybridized carbons (Fsp3) is 0.111. The third kappa shape index (κ3) is 0.963. The average Bonchev–Trinajstić information content (AvgIpc) is 2.06. The van der Waals surface area contributed by atoms with E-state index in [1.807, 2.05) is 25.1 Å². The van der Waals surface area contributed by atoms with Crippen LogP contribution in [0.1, 0.15) is 5.69 Å². The van der Waals surface area contributed by atoms with E-state index >= 15 is 0 Å². The molecule has 2 heteroatoms. The lowest BCUT2D eigenvalue weighted by Gasteiger charge is -1.96. The summed E-state index contributed by atoms with van der Waals surface area (Å²) in [5.74, 6) is 0. The van der Waals surface area contributed by atoms with Gasteiger partial charge in [0.15, 0.2) is 0 Å². The normalized spacial score (nSPS) is 10.3. The molecule has 0 saturated carbocycles. The van der Waals surface area contributed by atoms with Crippen molar-refractivity contribution in [2.45, 2.75) is 6.92 Å². The minimum absolute atomic E-state index is 0.989. The Morgan fingerprint density at radius 1 is 1.18 bits per heavy atom. The first-order valence-electron chi connectivity index (χ1n) is 3.55. The number of aryl methyl sites for hydroxylation is 1. The van der Waals surface area contributed by atoms with Gasteiger partial charge in [-0.05, 0) is 6.92 Å². The third-order valence-corrected chi connectivity index (χ3v) is 1.76.